The van der Waals surface area contributed by atoms with Crippen molar-refractivity contribution < 1.29 is 27.0 Å². The summed E-state index contributed by atoms with van der Waals surface area (Å²) < 4.78 is 0. The van der Waals surface area contributed by atoms with Crippen LogP contribution in [0.1, 0.15) is 37.8 Å². The topological polar surface area (TPSA) is 37.3 Å². The molecule has 1 atom stereocenters. The molecule has 0 amide bonds. The fourth-order valence-electron chi connectivity index (χ4n) is 1.56. The molecule has 2 nitrogen and oxygen atoms in total. The zero-order chi connectivity index (χ0) is 11.4. The number of hydrogen-bond donors (Lipinski definition) is 1. The van der Waals surface area contributed by atoms with Gasteiger partial charge in [-0.3, -0.25) is 4.79 Å². The fraction of sp³-hybridized carbons (Fsp3) is 0.462. The summed E-state index contributed by atoms with van der Waals surface area (Å²) in [6, 6.07) is 7.87. The molecule has 0 fully saturated rings. The summed E-state index contributed by atoms with van der Waals surface area (Å²) in [5.74, 6) is -0.558. The molecule has 0 heterocycles. The van der Waals surface area contributed by atoms with Crippen molar-refractivity contribution in [1.29, 1.82) is 0 Å². The molecule has 0 aliphatic heterocycles. The van der Waals surface area contributed by atoms with E-state index in [0.717, 1.165) is 12.0 Å². The van der Waals surface area contributed by atoms with Crippen molar-refractivity contribution in [3.63, 3.8) is 0 Å². The van der Waals surface area contributed by atoms with Gasteiger partial charge in [0.2, 0.25) is 0 Å². The Bertz CT molecular complexity index is 330. The molecular formula is C13H18CuO2. The number of benzene rings is 1. The second kappa shape index (κ2) is 6.72. The Hall–Kier alpha value is -0.791. The van der Waals surface area contributed by atoms with E-state index >= 15 is 0 Å². The molecule has 0 aromatic heterocycles. The average Bonchev–Trinajstić information content (AvgIpc) is 2.17. The molecule has 1 rings (SSSR count). The minimum absolute atomic E-state index is 0. The molecule has 93 valence electrons. The van der Waals surface area contributed by atoms with Crippen molar-refractivity contribution in [3.8, 4) is 0 Å². The van der Waals surface area contributed by atoms with E-state index in [-0.39, 0.29) is 17.1 Å². The van der Waals surface area contributed by atoms with E-state index in [9.17, 15) is 4.79 Å². The van der Waals surface area contributed by atoms with Crippen LogP contribution >= 0.6 is 0 Å². The van der Waals surface area contributed by atoms with Gasteiger partial charge in [-0.1, -0.05) is 38.1 Å². The van der Waals surface area contributed by atoms with Gasteiger partial charge < -0.3 is 5.11 Å². The maximum Gasteiger partial charge on any atom is 0.310 e. The molecule has 3 heteroatoms. The molecule has 0 bridgehead atoms. The predicted octanol–water partition coefficient (Wildman–Crippen LogP) is 3.07. The van der Waals surface area contributed by atoms with E-state index in [1.807, 2.05) is 24.3 Å². The second-order valence-electron chi connectivity index (χ2n) is 4.40. The smallest absolute Gasteiger partial charge is 0.310 e. The summed E-state index contributed by atoms with van der Waals surface area (Å²) in [5, 5.41) is 8.85. The number of carboxylic acid groups (broad SMARTS) is 1. The number of hydrogen-bond acceptors (Lipinski definition) is 1. The SMILES string of the molecule is CC(C)Cc1ccc(C(C)C(=O)O)cc1.[Cu]. The standard InChI is InChI=1S/C13H18O2.Cu/c1-9(2)8-11-4-6-12(7-5-11)10(3)13(14)15;/h4-7,9-10H,8H2,1-3H3,(H,14,15);. The van der Waals surface area contributed by atoms with Crippen LogP contribution in [0.15, 0.2) is 24.3 Å². The number of rotatable bonds is 4. The third-order valence-corrected chi connectivity index (χ3v) is 2.49. The largest absolute Gasteiger partial charge is 0.481 e. The summed E-state index contributed by atoms with van der Waals surface area (Å²) in [7, 11) is 0. The van der Waals surface area contributed by atoms with Gasteiger partial charge in [-0.15, -0.1) is 0 Å². The average molecular weight is 270 g/mol. The first-order valence-electron chi connectivity index (χ1n) is 5.32. The van der Waals surface area contributed by atoms with Crippen molar-refractivity contribution in [2.45, 2.75) is 33.1 Å². The van der Waals surface area contributed by atoms with Crippen molar-refractivity contribution in [2.75, 3.05) is 0 Å². The van der Waals surface area contributed by atoms with Gasteiger partial charge in [0.05, 0.1) is 5.92 Å². The molecule has 1 N–H and O–H groups in total. The Morgan fingerprint density at radius 2 is 1.69 bits per heavy atom. The minimum atomic E-state index is -0.772. The summed E-state index contributed by atoms with van der Waals surface area (Å²) in [6.45, 7) is 6.06. The second-order valence-corrected chi connectivity index (χ2v) is 4.40. The maximum atomic E-state index is 10.8. The summed E-state index contributed by atoms with van der Waals surface area (Å²) >= 11 is 0. The van der Waals surface area contributed by atoms with Crippen LogP contribution in [-0.4, -0.2) is 11.1 Å². The van der Waals surface area contributed by atoms with Crippen LogP contribution in [0.25, 0.3) is 0 Å². The third kappa shape index (κ3) is 4.38. The molecule has 0 aliphatic carbocycles. The molecule has 16 heavy (non-hydrogen) atoms. The molecule has 0 saturated carbocycles. The monoisotopic (exact) mass is 269 g/mol. The summed E-state index contributed by atoms with van der Waals surface area (Å²) in [5.41, 5.74) is 2.14. The van der Waals surface area contributed by atoms with Gasteiger partial charge in [0, 0.05) is 17.1 Å². The Morgan fingerprint density at radius 3 is 2.06 bits per heavy atom. The Morgan fingerprint density at radius 1 is 1.19 bits per heavy atom. The molecule has 1 aromatic rings. The van der Waals surface area contributed by atoms with Gasteiger partial charge in [0.1, 0.15) is 0 Å². The van der Waals surface area contributed by atoms with Crippen LogP contribution in [0.2, 0.25) is 0 Å². The minimum Gasteiger partial charge on any atom is -0.481 e. The first-order valence-corrected chi connectivity index (χ1v) is 5.32. The Kier molecular flexibility index (Phi) is 6.39. The van der Waals surface area contributed by atoms with E-state index in [0.29, 0.717) is 5.92 Å². The van der Waals surface area contributed by atoms with Crippen molar-refractivity contribution in [3.05, 3.63) is 35.4 Å². The van der Waals surface area contributed by atoms with Crippen molar-refractivity contribution in [2.24, 2.45) is 5.92 Å². The van der Waals surface area contributed by atoms with Gasteiger partial charge >= 0.3 is 5.97 Å². The van der Waals surface area contributed by atoms with Gasteiger partial charge in [0.25, 0.3) is 0 Å². The normalized spacial score (nSPS) is 12.0. The molecular weight excluding hydrogens is 252 g/mol. The fourth-order valence-corrected chi connectivity index (χ4v) is 1.56. The van der Waals surface area contributed by atoms with Crippen LogP contribution in [0.5, 0.6) is 0 Å². The number of carboxylic acids is 1. The van der Waals surface area contributed by atoms with Crippen molar-refractivity contribution in [1.82, 2.24) is 0 Å². The number of aliphatic carboxylic acids is 1. The first-order chi connectivity index (χ1) is 7.00. The number of carbonyl (C=O) groups is 1. The molecule has 0 aliphatic rings. The van der Waals surface area contributed by atoms with E-state index in [1.54, 1.807) is 6.92 Å². The van der Waals surface area contributed by atoms with Gasteiger partial charge in [-0.25, -0.2) is 0 Å². The van der Waals surface area contributed by atoms with Gasteiger partial charge in [0.15, 0.2) is 0 Å². The predicted molar refractivity (Wildman–Crippen MR) is 61.0 cm³/mol. The van der Waals surface area contributed by atoms with Crippen LogP contribution < -0.4 is 0 Å². The zero-order valence-electron chi connectivity index (χ0n) is 9.83. The Balaban J connectivity index is 0.00000225. The van der Waals surface area contributed by atoms with E-state index in [1.165, 1.54) is 5.56 Å². The van der Waals surface area contributed by atoms with E-state index in [4.69, 9.17) is 5.11 Å². The molecule has 1 aromatic carbocycles. The van der Waals surface area contributed by atoms with Crippen LogP contribution in [0.3, 0.4) is 0 Å². The van der Waals surface area contributed by atoms with Crippen LogP contribution in [0.4, 0.5) is 0 Å². The van der Waals surface area contributed by atoms with Gasteiger partial charge in [-0.05, 0) is 30.4 Å². The molecule has 1 unspecified atom stereocenters. The summed E-state index contributed by atoms with van der Waals surface area (Å²) in [4.78, 5) is 10.8. The Labute approximate surface area is 108 Å². The molecule has 0 spiro atoms. The maximum absolute atomic E-state index is 10.8. The quantitative estimate of drug-likeness (QED) is 0.853. The first kappa shape index (κ1) is 15.2. The summed E-state index contributed by atoms with van der Waals surface area (Å²) in [6.07, 6.45) is 1.04. The molecule has 0 saturated heterocycles. The van der Waals surface area contributed by atoms with Crippen molar-refractivity contribution >= 4 is 5.97 Å². The van der Waals surface area contributed by atoms with Crippen LogP contribution in [-0.2, 0) is 28.3 Å². The van der Waals surface area contributed by atoms with E-state index < -0.39 is 11.9 Å². The van der Waals surface area contributed by atoms with Crippen LogP contribution in [0, 0.1) is 5.92 Å². The van der Waals surface area contributed by atoms with Gasteiger partial charge in [-0.2, -0.15) is 0 Å². The zero-order valence-corrected chi connectivity index (χ0v) is 10.8. The molecule has 1 radical (unpaired) electrons. The van der Waals surface area contributed by atoms with E-state index in [2.05, 4.69) is 13.8 Å². The third-order valence-electron chi connectivity index (χ3n) is 2.49.